The topological polar surface area (TPSA) is 54.0 Å². The molecular formula is C20H17Cl2N3O. The van der Waals surface area contributed by atoms with Crippen molar-refractivity contribution in [2.45, 2.75) is 13.1 Å². The Bertz CT molecular complexity index is 898. The first-order valence-corrected chi connectivity index (χ1v) is 8.82. The standard InChI is InChI=1S/C20H17Cl2N3O/c21-17-7-5-14(6-8-17)10-24-18-9-16(11-23-13-18)20(26)25-12-15-3-1-2-4-19(15)22/h1-9,11,13,24H,10,12H2,(H,25,26). The molecule has 1 amide bonds. The molecule has 1 heterocycles. The average molecular weight is 386 g/mol. The number of carbonyl (C=O) groups excluding carboxylic acids is 1. The first kappa shape index (κ1) is 18.2. The molecule has 0 unspecified atom stereocenters. The highest BCUT2D eigenvalue weighted by atomic mass is 35.5. The van der Waals surface area contributed by atoms with Gasteiger partial charge in [-0.3, -0.25) is 9.78 Å². The lowest BCUT2D eigenvalue weighted by molar-refractivity contribution is 0.0950. The smallest absolute Gasteiger partial charge is 0.253 e. The number of benzene rings is 2. The highest BCUT2D eigenvalue weighted by molar-refractivity contribution is 6.31. The van der Waals surface area contributed by atoms with Gasteiger partial charge in [0.05, 0.1) is 11.3 Å². The van der Waals surface area contributed by atoms with Gasteiger partial charge in [-0.15, -0.1) is 0 Å². The fourth-order valence-electron chi connectivity index (χ4n) is 2.39. The number of nitrogens with one attached hydrogen (secondary N) is 2. The van der Waals surface area contributed by atoms with E-state index in [9.17, 15) is 4.79 Å². The molecule has 3 rings (SSSR count). The number of carbonyl (C=O) groups is 1. The van der Waals surface area contributed by atoms with Gasteiger partial charge in [-0.05, 0) is 35.4 Å². The van der Waals surface area contributed by atoms with Gasteiger partial charge in [0.25, 0.3) is 5.91 Å². The lowest BCUT2D eigenvalue weighted by Gasteiger charge is -2.09. The zero-order valence-electron chi connectivity index (χ0n) is 13.9. The van der Waals surface area contributed by atoms with Gasteiger partial charge < -0.3 is 10.6 Å². The summed E-state index contributed by atoms with van der Waals surface area (Å²) in [5.41, 5.74) is 3.21. The molecule has 0 aliphatic heterocycles. The molecule has 1 aromatic heterocycles. The van der Waals surface area contributed by atoms with Crippen molar-refractivity contribution in [3.05, 3.63) is 93.7 Å². The van der Waals surface area contributed by atoms with Gasteiger partial charge in [0.1, 0.15) is 0 Å². The van der Waals surface area contributed by atoms with Crippen LogP contribution in [0.15, 0.2) is 67.0 Å². The third-order valence-electron chi connectivity index (χ3n) is 3.81. The maximum Gasteiger partial charge on any atom is 0.253 e. The normalized spacial score (nSPS) is 10.4. The first-order valence-electron chi connectivity index (χ1n) is 8.07. The molecular weight excluding hydrogens is 369 g/mol. The van der Waals surface area contributed by atoms with Crippen LogP contribution in [-0.2, 0) is 13.1 Å². The zero-order valence-corrected chi connectivity index (χ0v) is 15.4. The van der Waals surface area contributed by atoms with E-state index in [-0.39, 0.29) is 5.91 Å². The Balaban J connectivity index is 1.60. The van der Waals surface area contributed by atoms with E-state index in [2.05, 4.69) is 15.6 Å². The summed E-state index contributed by atoms with van der Waals surface area (Å²) in [5, 5.41) is 7.44. The molecule has 0 spiro atoms. The summed E-state index contributed by atoms with van der Waals surface area (Å²) >= 11 is 12.0. The third kappa shape index (κ3) is 4.97. The van der Waals surface area contributed by atoms with E-state index in [0.717, 1.165) is 16.8 Å². The molecule has 132 valence electrons. The predicted molar refractivity (Wildman–Crippen MR) is 106 cm³/mol. The van der Waals surface area contributed by atoms with Crippen LogP contribution in [-0.4, -0.2) is 10.9 Å². The number of hydrogen-bond acceptors (Lipinski definition) is 3. The van der Waals surface area contributed by atoms with Gasteiger partial charge in [0.2, 0.25) is 0 Å². The van der Waals surface area contributed by atoms with Crippen molar-refractivity contribution in [1.29, 1.82) is 0 Å². The monoisotopic (exact) mass is 385 g/mol. The Morgan fingerprint density at radius 1 is 0.962 bits per heavy atom. The first-order chi connectivity index (χ1) is 12.6. The lowest BCUT2D eigenvalue weighted by atomic mass is 10.2. The van der Waals surface area contributed by atoms with E-state index in [1.165, 1.54) is 6.20 Å². The molecule has 0 bridgehead atoms. The van der Waals surface area contributed by atoms with E-state index in [4.69, 9.17) is 23.2 Å². The van der Waals surface area contributed by atoms with Gasteiger partial charge in [-0.1, -0.05) is 53.5 Å². The Kier molecular flexibility index (Phi) is 6.10. The predicted octanol–water partition coefficient (Wildman–Crippen LogP) is 4.93. The fraction of sp³-hybridized carbons (Fsp3) is 0.100. The zero-order chi connectivity index (χ0) is 18.4. The average Bonchev–Trinajstić information content (AvgIpc) is 2.67. The fourth-order valence-corrected chi connectivity index (χ4v) is 2.72. The highest BCUT2D eigenvalue weighted by Gasteiger charge is 2.08. The van der Waals surface area contributed by atoms with Crippen molar-refractivity contribution in [1.82, 2.24) is 10.3 Å². The van der Waals surface area contributed by atoms with Gasteiger partial charge in [0.15, 0.2) is 0 Å². The summed E-state index contributed by atoms with van der Waals surface area (Å²) in [4.78, 5) is 16.5. The minimum absolute atomic E-state index is 0.201. The largest absolute Gasteiger partial charge is 0.380 e. The Morgan fingerprint density at radius 3 is 2.50 bits per heavy atom. The van der Waals surface area contributed by atoms with Crippen LogP contribution >= 0.6 is 23.2 Å². The van der Waals surface area contributed by atoms with Crippen molar-refractivity contribution >= 4 is 34.8 Å². The van der Waals surface area contributed by atoms with E-state index in [1.807, 2.05) is 42.5 Å². The van der Waals surface area contributed by atoms with Crippen LogP contribution in [0.25, 0.3) is 0 Å². The van der Waals surface area contributed by atoms with Crippen LogP contribution in [0.2, 0.25) is 10.0 Å². The van der Waals surface area contributed by atoms with Crippen molar-refractivity contribution in [2.24, 2.45) is 0 Å². The number of rotatable bonds is 6. The summed E-state index contributed by atoms with van der Waals surface area (Å²) in [6.45, 7) is 0.977. The summed E-state index contributed by atoms with van der Waals surface area (Å²) in [7, 11) is 0. The summed E-state index contributed by atoms with van der Waals surface area (Å²) < 4.78 is 0. The number of aromatic nitrogens is 1. The van der Waals surface area contributed by atoms with Crippen LogP contribution in [0.3, 0.4) is 0 Å². The van der Waals surface area contributed by atoms with Crippen molar-refractivity contribution in [2.75, 3.05) is 5.32 Å². The highest BCUT2D eigenvalue weighted by Crippen LogP contribution is 2.16. The molecule has 3 aromatic rings. The number of pyridine rings is 1. The van der Waals surface area contributed by atoms with Gasteiger partial charge in [0, 0.05) is 35.5 Å². The second kappa shape index (κ2) is 8.70. The van der Waals surface area contributed by atoms with Crippen LogP contribution in [0, 0.1) is 0 Å². The minimum Gasteiger partial charge on any atom is -0.380 e. The second-order valence-electron chi connectivity index (χ2n) is 5.72. The molecule has 0 atom stereocenters. The maximum atomic E-state index is 12.4. The van der Waals surface area contributed by atoms with E-state index >= 15 is 0 Å². The summed E-state index contributed by atoms with van der Waals surface area (Å²) in [5.74, 6) is -0.201. The number of anilines is 1. The SMILES string of the molecule is O=C(NCc1ccccc1Cl)c1cncc(NCc2ccc(Cl)cc2)c1. The molecule has 0 radical (unpaired) electrons. The lowest BCUT2D eigenvalue weighted by Crippen LogP contribution is -2.23. The molecule has 0 aliphatic rings. The van der Waals surface area contributed by atoms with Gasteiger partial charge in [-0.2, -0.15) is 0 Å². The number of nitrogens with zero attached hydrogens (tertiary/aromatic N) is 1. The van der Waals surface area contributed by atoms with Crippen molar-refractivity contribution in [3.63, 3.8) is 0 Å². The van der Waals surface area contributed by atoms with Crippen LogP contribution in [0.1, 0.15) is 21.5 Å². The van der Waals surface area contributed by atoms with Crippen molar-refractivity contribution in [3.8, 4) is 0 Å². The second-order valence-corrected chi connectivity index (χ2v) is 6.56. The molecule has 4 nitrogen and oxygen atoms in total. The summed E-state index contributed by atoms with van der Waals surface area (Å²) in [6.07, 6.45) is 3.22. The molecule has 0 saturated carbocycles. The number of amides is 1. The molecule has 2 N–H and O–H groups in total. The van der Waals surface area contributed by atoms with E-state index < -0.39 is 0 Å². The number of hydrogen-bond donors (Lipinski definition) is 2. The Hall–Kier alpha value is -2.56. The molecule has 26 heavy (non-hydrogen) atoms. The third-order valence-corrected chi connectivity index (χ3v) is 4.43. The van der Waals surface area contributed by atoms with Crippen molar-refractivity contribution < 1.29 is 4.79 Å². The minimum atomic E-state index is -0.201. The van der Waals surface area contributed by atoms with Crippen LogP contribution in [0.5, 0.6) is 0 Å². The Morgan fingerprint density at radius 2 is 1.73 bits per heavy atom. The summed E-state index contributed by atoms with van der Waals surface area (Å²) in [6, 6.07) is 16.8. The quantitative estimate of drug-likeness (QED) is 0.632. The molecule has 0 fully saturated rings. The molecule has 6 heteroatoms. The van der Waals surface area contributed by atoms with Crippen LogP contribution in [0.4, 0.5) is 5.69 Å². The van der Waals surface area contributed by atoms with Crippen LogP contribution < -0.4 is 10.6 Å². The van der Waals surface area contributed by atoms with E-state index in [0.29, 0.717) is 28.7 Å². The molecule has 0 aliphatic carbocycles. The maximum absolute atomic E-state index is 12.4. The number of halogens is 2. The molecule has 2 aromatic carbocycles. The molecule has 0 saturated heterocycles. The Labute approximate surface area is 162 Å². The van der Waals surface area contributed by atoms with Gasteiger partial charge in [-0.25, -0.2) is 0 Å². The van der Waals surface area contributed by atoms with Gasteiger partial charge >= 0.3 is 0 Å². The van der Waals surface area contributed by atoms with E-state index in [1.54, 1.807) is 18.3 Å².